The second kappa shape index (κ2) is 7.88. The van der Waals surface area contributed by atoms with E-state index >= 15 is 0 Å². The molecule has 0 unspecified atom stereocenters. The lowest BCUT2D eigenvalue weighted by molar-refractivity contribution is 0.0212. The Balaban J connectivity index is 0.00000117. The number of nitrogens with two attached hydrogens (primary N) is 1. The summed E-state index contributed by atoms with van der Waals surface area (Å²) in [6, 6.07) is 0.0403. The van der Waals surface area contributed by atoms with Gasteiger partial charge in [-0.2, -0.15) is 5.10 Å². The third kappa shape index (κ3) is 4.23. The highest BCUT2D eigenvalue weighted by Crippen LogP contribution is 2.25. The molecule has 0 radical (unpaired) electrons. The topological polar surface area (TPSA) is 99.2 Å². The Morgan fingerprint density at radius 1 is 1.35 bits per heavy atom. The molecule has 1 aliphatic rings. The molecule has 0 aromatic carbocycles. The van der Waals surface area contributed by atoms with Gasteiger partial charge < -0.3 is 15.4 Å². The fraction of sp³-hybridized carbons (Fsp3) is 0.667. The SMILES string of the molecule is CC.Cc1nn(C[C@H]2CCCN2C(=O)OC(C)(C)C)c2ncnc(N)c12. The van der Waals surface area contributed by atoms with E-state index < -0.39 is 5.60 Å². The molecule has 1 aliphatic heterocycles. The van der Waals surface area contributed by atoms with Crippen LogP contribution in [0.4, 0.5) is 10.6 Å². The first-order valence-corrected chi connectivity index (χ1v) is 9.19. The number of hydrogen-bond acceptors (Lipinski definition) is 6. The maximum absolute atomic E-state index is 12.4. The summed E-state index contributed by atoms with van der Waals surface area (Å²) in [5.41, 5.74) is 6.94. The van der Waals surface area contributed by atoms with Gasteiger partial charge in [0.15, 0.2) is 5.65 Å². The number of ether oxygens (including phenoxy) is 1. The highest BCUT2D eigenvalue weighted by molar-refractivity contribution is 5.87. The summed E-state index contributed by atoms with van der Waals surface area (Å²) in [7, 11) is 0. The summed E-state index contributed by atoms with van der Waals surface area (Å²) in [5, 5.41) is 5.31. The van der Waals surface area contributed by atoms with Crippen molar-refractivity contribution in [1.29, 1.82) is 0 Å². The Morgan fingerprint density at radius 2 is 2.04 bits per heavy atom. The van der Waals surface area contributed by atoms with Crippen LogP contribution in [0.15, 0.2) is 6.33 Å². The molecular weight excluding hydrogens is 332 g/mol. The van der Waals surface area contributed by atoms with Crippen LogP contribution >= 0.6 is 0 Å². The molecule has 8 heteroatoms. The molecule has 26 heavy (non-hydrogen) atoms. The number of likely N-dealkylation sites (tertiary alicyclic amines) is 1. The van der Waals surface area contributed by atoms with Gasteiger partial charge >= 0.3 is 6.09 Å². The molecule has 2 aromatic rings. The molecular formula is C18H30N6O2. The zero-order chi connectivity index (χ0) is 19.5. The summed E-state index contributed by atoms with van der Waals surface area (Å²) in [6.45, 7) is 12.8. The van der Waals surface area contributed by atoms with E-state index in [4.69, 9.17) is 10.5 Å². The lowest BCUT2D eigenvalue weighted by Gasteiger charge is -2.28. The van der Waals surface area contributed by atoms with Crippen LogP contribution in [-0.4, -0.2) is 48.9 Å². The Hall–Kier alpha value is -2.38. The maximum Gasteiger partial charge on any atom is 0.410 e. The second-order valence-electron chi connectivity index (χ2n) is 7.19. The number of hydrogen-bond donors (Lipinski definition) is 1. The van der Waals surface area contributed by atoms with Gasteiger partial charge in [0.2, 0.25) is 0 Å². The van der Waals surface area contributed by atoms with Gasteiger partial charge in [-0.3, -0.25) is 0 Å². The van der Waals surface area contributed by atoms with Crippen molar-refractivity contribution in [1.82, 2.24) is 24.6 Å². The third-order valence-electron chi connectivity index (χ3n) is 4.12. The van der Waals surface area contributed by atoms with Gasteiger partial charge in [-0.25, -0.2) is 19.4 Å². The monoisotopic (exact) mass is 362 g/mol. The summed E-state index contributed by atoms with van der Waals surface area (Å²) in [5.74, 6) is 0.430. The van der Waals surface area contributed by atoms with Crippen LogP contribution in [0, 0.1) is 6.92 Å². The smallest absolute Gasteiger partial charge is 0.410 e. The first-order chi connectivity index (χ1) is 12.3. The van der Waals surface area contributed by atoms with Crippen LogP contribution in [0.1, 0.15) is 53.2 Å². The second-order valence-corrected chi connectivity index (χ2v) is 7.19. The minimum atomic E-state index is -0.499. The van der Waals surface area contributed by atoms with Crippen LogP contribution in [-0.2, 0) is 11.3 Å². The molecule has 1 saturated heterocycles. The van der Waals surface area contributed by atoms with Crippen molar-refractivity contribution in [2.75, 3.05) is 12.3 Å². The standard InChI is InChI=1S/C16H24N6O2.C2H6/c1-10-12-13(17)18-9-19-14(12)22(20-10)8-11-6-5-7-21(11)15(23)24-16(2,3)4;1-2/h9,11H,5-8H2,1-4H3,(H2,17,18,19);1-2H3/t11-;/m1./s1. The third-order valence-corrected chi connectivity index (χ3v) is 4.12. The average Bonchev–Trinajstić information content (AvgIpc) is 3.14. The number of carbonyl (C=O) groups excluding carboxylic acids is 1. The van der Waals surface area contributed by atoms with Crippen molar-refractivity contribution < 1.29 is 9.53 Å². The molecule has 0 spiro atoms. The van der Waals surface area contributed by atoms with Crippen molar-refractivity contribution in [2.45, 2.75) is 72.6 Å². The van der Waals surface area contributed by atoms with E-state index in [1.54, 1.807) is 4.90 Å². The van der Waals surface area contributed by atoms with Crippen LogP contribution in [0.3, 0.4) is 0 Å². The van der Waals surface area contributed by atoms with Crippen LogP contribution in [0.25, 0.3) is 11.0 Å². The van der Waals surface area contributed by atoms with E-state index in [1.807, 2.05) is 46.2 Å². The minimum absolute atomic E-state index is 0.0403. The summed E-state index contributed by atoms with van der Waals surface area (Å²) < 4.78 is 7.33. The van der Waals surface area contributed by atoms with Gasteiger partial charge in [-0.05, 0) is 40.5 Å². The minimum Gasteiger partial charge on any atom is -0.444 e. The molecule has 3 heterocycles. The number of aromatic nitrogens is 4. The lowest BCUT2D eigenvalue weighted by atomic mass is 10.2. The first-order valence-electron chi connectivity index (χ1n) is 9.19. The fourth-order valence-electron chi connectivity index (χ4n) is 3.12. The summed E-state index contributed by atoms with van der Waals surface area (Å²) in [6.07, 6.45) is 3.04. The zero-order valence-electron chi connectivity index (χ0n) is 16.6. The maximum atomic E-state index is 12.4. The van der Waals surface area contributed by atoms with Gasteiger partial charge in [0.25, 0.3) is 0 Å². The van der Waals surface area contributed by atoms with E-state index in [9.17, 15) is 4.79 Å². The van der Waals surface area contributed by atoms with Crippen LogP contribution in [0.5, 0.6) is 0 Å². The molecule has 2 N–H and O–H groups in total. The van der Waals surface area contributed by atoms with Gasteiger partial charge in [0, 0.05) is 6.54 Å². The number of aryl methyl sites for hydroxylation is 1. The average molecular weight is 362 g/mol. The van der Waals surface area contributed by atoms with E-state index in [0.29, 0.717) is 24.6 Å². The van der Waals surface area contributed by atoms with Gasteiger partial charge in [-0.15, -0.1) is 0 Å². The molecule has 8 nitrogen and oxygen atoms in total. The molecule has 2 aromatic heterocycles. The molecule has 0 aliphatic carbocycles. The molecule has 0 saturated carbocycles. The quantitative estimate of drug-likeness (QED) is 0.881. The Bertz CT molecular complexity index is 765. The highest BCUT2D eigenvalue weighted by Gasteiger charge is 2.33. The zero-order valence-corrected chi connectivity index (χ0v) is 16.6. The molecule has 0 bridgehead atoms. The van der Waals surface area contributed by atoms with E-state index in [2.05, 4.69) is 15.1 Å². The van der Waals surface area contributed by atoms with E-state index in [0.717, 1.165) is 23.9 Å². The van der Waals surface area contributed by atoms with Crippen molar-refractivity contribution in [3.63, 3.8) is 0 Å². The largest absolute Gasteiger partial charge is 0.444 e. The Morgan fingerprint density at radius 3 is 2.69 bits per heavy atom. The van der Waals surface area contributed by atoms with Crippen molar-refractivity contribution in [2.24, 2.45) is 0 Å². The normalized spacial score (nSPS) is 17.2. The number of rotatable bonds is 2. The van der Waals surface area contributed by atoms with Gasteiger partial charge in [0.05, 0.1) is 23.7 Å². The number of anilines is 1. The molecule has 3 rings (SSSR count). The highest BCUT2D eigenvalue weighted by atomic mass is 16.6. The molecule has 1 atom stereocenters. The summed E-state index contributed by atoms with van der Waals surface area (Å²) in [4.78, 5) is 22.5. The van der Waals surface area contributed by atoms with Crippen LogP contribution in [0.2, 0.25) is 0 Å². The number of fused-ring (bicyclic) bond motifs is 1. The van der Waals surface area contributed by atoms with Crippen molar-refractivity contribution in [3.8, 4) is 0 Å². The van der Waals surface area contributed by atoms with E-state index in [-0.39, 0.29) is 12.1 Å². The predicted octanol–water partition coefficient (Wildman–Crippen LogP) is 3.14. The number of carbonyl (C=O) groups is 1. The lowest BCUT2D eigenvalue weighted by Crippen LogP contribution is -2.41. The number of nitrogen functional groups attached to an aromatic ring is 1. The summed E-state index contributed by atoms with van der Waals surface area (Å²) >= 11 is 0. The fourth-order valence-corrected chi connectivity index (χ4v) is 3.12. The predicted molar refractivity (Wildman–Crippen MR) is 102 cm³/mol. The molecule has 1 fully saturated rings. The van der Waals surface area contributed by atoms with Crippen LogP contribution < -0.4 is 5.73 Å². The molecule has 144 valence electrons. The number of nitrogens with zero attached hydrogens (tertiary/aromatic N) is 5. The van der Waals surface area contributed by atoms with Crippen molar-refractivity contribution >= 4 is 22.9 Å². The van der Waals surface area contributed by atoms with Gasteiger partial charge in [0.1, 0.15) is 17.7 Å². The Labute approximate surface area is 154 Å². The van der Waals surface area contributed by atoms with Crippen molar-refractivity contribution in [3.05, 3.63) is 12.0 Å². The van der Waals surface area contributed by atoms with E-state index in [1.165, 1.54) is 6.33 Å². The van der Waals surface area contributed by atoms with Gasteiger partial charge in [-0.1, -0.05) is 13.8 Å². The number of amides is 1. The molecule has 1 amide bonds. The Kier molecular flexibility index (Phi) is 6.05. The first kappa shape index (κ1) is 19.9.